The number of methoxy groups -OCH3 is 1. The van der Waals surface area contributed by atoms with E-state index < -0.39 is 5.97 Å². The number of carbonyl (C=O) groups excluding carboxylic acids is 1. The molecule has 0 aliphatic carbocycles. The van der Waals surface area contributed by atoms with E-state index in [4.69, 9.17) is 21.1 Å². The van der Waals surface area contributed by atoms with Gasteiger partial charge in [0, 0.05) is 29.9 Å². The van der Waals surface area contributed by atoms with Crippen LogP contribution in [-0.4, -0.2) is 29.7 Å². The zero-order valence-corrected chi connectivity index (χ0v) is 14.5. The fraction of sp³-hybridized carbons (Fsp3) is 0.176. The molecule has 7 heteroatoms. The third kappa shape index (κ3) is 3.60. The van der Waals surface area contributed by atoms with E-state index in [-0.39, 0.29) is 0 Å². The standard InChI is InChI=1S/C17H15ClN2O3S/c1-22-17(21)15-13(10-14(24-15)16-19-7-8-20-16)23-9-6-11-4-2-3-5-12(11)18/h2-5,7-8,10H,6,9H2,1H3,(H,19,20). The van der Waals surface area contributed by atoms with Crippen LogP contribution < -0.4 is 4.74 Å². The molecule has 0 saturated heterocycles. The van der Waals surface area contributed by atoms with Crippen molar-refractivity contribution in [2.75, 3.05) is 13.7 Å². The Bertz CT molecular complexity index is 830. The Labute approximate surface area is 148 Å². The largest absolute Gasteiger partial charge is 0.491 e. The Hall–Kier alpha value is -2.31. The van der Waals surface area contributed by atoms with Gasteiger partial charge in [-0.1, -0.05) is 29.8 Å². The zero-order chi connectivity index (χ0) is 16.9. The van der Waals surface area contributed by atoms with Crippen molar-refractivity contribution in [1.82, 2.24) is 9.97 Å². The van der Waals surface area contributed by atoms with E-state index in [1.54, 1.807) is 18.5 Å². The SMILES string of the molecule is COC(=O)c1sc(-c2ncc[nH]2)cc1OCCc1ccccc1Cl. The Balaban J connectivity index is 1.76. The predicted molar refractivity (Wildman–Crippen MR) is 93.9 cm³/mol. The third-order valence-corrected chi connectivity index (χ3v) is 4.86. The number of benzene rings is 1. The second-order valence-corrected chi connectivity index (χ2v) is 6.38. The third-order valence-electron chi connectivity index (χ3n) is 3.39. The Morgan fingerprint density at radius 3 is 2.92 bits per heavy atom. The van der Waals surface area contributed by atoms with Crippen LogP contribution in [0.1, 0.15) is 15.2 Å². The van der Waals surface area contributed by atoms with Crippen molar-refractivity contribution in [1.29, 1.82) is 0 Å². The molecular formula is C17H15ClN2O3S. The normalized spacial score (nSPS) is 10.6. The number of rotatable bonds is 6. The fourth-order valence-electron chi connectivity index (χ4n) is 2.21. The monoisotopic (exact) mass is 362 g/mol. The number of aromatic amines is 1. The molecule has 0 spiro atoms. The van der Waals surface area contributed by atoms with Gasteiger partial charge in [-0.3, -0.25) is 0 Å². The van der Waals surface area contributed by atoms with Gasteiger partial charge >= 0.3 is 5.97 Å². The van der Waals surface area contributed by atoms with Crippen LogP contribution >= 0.6 is 22.9 Å². The minimum atomic E-state index is -0.425. The molecule has 1 aromatic carbocycles. The van der Waals surface area contributed by atoms with Crippen molar-refractivity contribution >= 4 is 28.9 Å². The van der Waals surface area contributed by atoms with Gasteiger partial charge in [-0.25, -0.2) is 9.78 Å². The number of hydrogen-bond acceptors (Lipinski definition) is 5. The number of esters is 1. The number of nitrogens with zero attached hydrogens (tertiary/aromatic N) is 1. The van der Waals surface area contributed by atoms with E-state index in [1.165, 1.54) is 18.4 Å². The van der Waals surface area contributed by atoms with Crippen LogP contribution in [-0.2, 0) is 11.2 Å². The number of halogens is 1. The summed E-state index contributed by atoms with van der Waals surface area (Å²) in [5.74, 6) is 0.752. The molecular weight excluding hydrogens is 348 g/mol. The highest BCUT2D eigenvalue weighted by Gasteiger charge is 2.20. The smallest absolute Gasteiger partial charge is 0.351 e. The minimum Gasteiger partial charge on any atom is -0.491 e. The van der Waals surface area contributed by atoms with Crippen LogP contribution in [0, 0.1) is 0 Å². The zero-order valence-electron chi connectivity index (χ0n) is 12.9. The number of nitrogens with one attached hydrogen (secondary N) is 1. The summed E-state index contributed by atoms with van der Waals surface area (Å²) in [6, 6.07) is 9.41. The lowest BCUT2D eigenvalue weighted by Gasteiger charge is -2.07. The van der Waals surface area contributed by atoms with Crippen LogP contribution in [0.3, 0.4) is 0 Å². The first-order valence-electron chi connectivity index (χ1n) is 7.27. The molecule has 5 nitrogen and oxygen atoms in total. The van der Waals surface area contributed by atoms with Crippen molar-refractivity contribution < 1.29 is 14.3 Å². The second kappa shape index (κ2) is 7.51. The number of aromatic nitrogens is 2. The van der Waals surface area contributed by atoms with Gasteiger partial charge in [-0.2, -0.15) is 0 Å². The average molecular weight is 363 g/mol. The van der Waals surface area contributed by atoms with Crippen LogP contribution in [0.2, 0.25) is 5.02 Å². The van der Waals surface area contributed by atoms with E-state index in [1.807, 2.05) is 24.3 Å². The first-order valence-corrected chi connectivity index (χ1v) is 8.46. The van der Waals surface area contributed by atoms with Crippen LogP contribution in [0.5, 0.6) is 5.75 Å². The topological polar surface area (TPSA) is 64.2 Å². The maximum absolute atomic E-state index is 12.0. The summed E-state index contributed by atoms with van der Waals surface area (Å²) in [5.41, 5.74) is 1.00. The molecule has 0 radical (unpaired) electrons. The highest BCUT2D eigenvalue weighted by atomic mass is 35.5. The molecule has 2 heterocycles. The molecule has 0 atom stereocenters. The summed E-state index contributed by atoms with van der Waals surface area (Å²) < 4.78 is 10.6. The predicted octanol–water partition coefficient (Wildman–Crippen LogP) is 4.20. The van der Waals surface area contributed by atoms with Gasteiger partial charge in [-0.05, 0) is 11.6 Å². The lowest BCUT2D eigenvalue weighted by molar-refractivity contribution is 0.0602. The van der Waals surface area contributed by atoms with Gasteiger partial charge in [0.1, 0.15) is 11.6 Å². The highest BCUT2D eigenvalue weighted by Crippen LogP contribution is 2.35. The number of H-pyrrole nitrogens is 1. The summed E-state index contributed by atoms with van der Waals surface area (Å²) in [5, 5.41) is 0.705. The van der Waals surface area contributed by atoms with E-state index >= 15 is 0 Å². The average Bonchev–Trinajstić information content (AvgIpc) is 3.25. The molecule has 0 aliphatic rings. The molecule has 0 unspecified atom stereocenters. The minimum absolute atomic E-state index is 0.405. The number of carbonyl (C=O) groups is 1. The van der Waals surface area contributed by atoms with Gasteiger partial charge in [0.25, 0.3) is 0 Å². The summed E-state index contributed by atoms with van der Waals surface area (Å²) in [7, 11) is 1.35. The van der Waals surface area contributed by atoms with Crippen molar-refractivity contribution in [2.45, 2.75) is 6.42 Å². The number of ether oxygens (including phenoxy) is 2. The second-order valence-electron chi connectivity index (χ2n) is 4.92. The maximum atomic E-state index is 12.0. The van der Waals surface area contributed by atoms with Crippen molar-refractivity contribution in [3.8, 4) is 16.5 Å². The number of thiophene rings is 1. The van der Waals surface area contributed by atoms with Gasteiger partial charge in [0.2, 0.25) is 0 Å². The van der Waals surface area contributed by atoms with Crippen LogP contribution in [0.25, 0.3) is 10.7 Å². The molecule has 3 rings (SSSR count). The van der Waals surface area contributed by atoms with Gasteiger partial charge < -0.3 is 14.5 Å². The summed E-state index contributed by atoms with van der Waals surface area (Å²) in [4.78, 5) is 20.4. The molecule has 0 fully saturated rings. The first kappa shape index (κ1) is 16.5. The molecule has 0 amide bonds. The van der Waals surface area contributed by atoms with Crippen LogP contribution in [0.15, 0.2) is 42.7 Å². The van der Waals surface area contributed by atoms with Gasteiger partial charge in [0.05, 0.1) is 18.6 Å². The molecule has 24 heavy (non-hydrogen) atoms. The Morgan fingerprint density at radius 1 is 1.38 bits per heavy atom. The molecule has 3 aromatic rings. The van der Waals surface area contributed by atoms with E-state index in [9.17, 15) is 4.79 Å². The quantitative estimate of drug-likeness (QED) is 0.667. The van der Waals surface area contributed by atoms with E-state index in [0.717, 1.165) is 10.4 Å². The number of hydrogen-bond donors (Lipinski definition) is 1. The summed E-state index contributed by atoms with van der Waals surface area (Å²) in [6.07, 6.45) is 4.03. The summed E-state index contributed by atoms with van der Waals surface area (Å²) >= 11 is 7.42. The fourth-order valence-corrected chi connectivity index (χ4v) is 3.41. The van der Waals surface area contributed by atoms with E-state index in [2.05, 4.69) is 9.97 Å². The molecule has 0 bridgehead atoms. The molecule has 0 aliphatic heterocycles. The van der Waals surface area contributed by atoms with Gasteiger partial charge in [-0.15, -0.1) is 11.3 Å². The van der Waals surface area contributed by atoms with Crippen molar-refractivity contribution in [3.63, 3.8) is 0 Å². The first-order chi connectivity index (χ1) is 11.7. The molecule has 2 aromatic heterocycles. The molecule has 0 saturated carbocycles. The molecule has 124 valence electrons. The Morgan fingerprint density at radius 2 is 2.21 bits per heavy atom. The van der Waals surface area contributed by atoms with Crippen LogP contribution in [0.4, 0.5) is 0 Å². The van der Waals surface area contributed by atoms with Crippen molar-refractivity contribution in [3.05, 3.63) is 58.2 Å². The lowest BCUT2D eigenvalue weighted by atomic mass is 10.2. The van der Waals surface area contributed by atoms with Crippen molar-refractivity contribution in [2.24, 2.45) is 0 Å². The maximum Gasteiger partial charge on any atom is 0.351 e. The molecule has 1 N–H and O–H groups in total. The van der Waals surface area contributed by atoms with Gasteiger partial charge in [0.15, 0.2) is 4.88 Å². The van der Waals surface area contributed by atoms with E-state index in [0.29, 0.717) is 34.5 Å². The summed E-state index contributed by atoms with van der Waals surface area (Å²) in [6.45, 7) is 0.405. The number of imidazole rings is 1. The highest BCUT2D eigenvalue weighted by molar-refractivity contribution is 7.17. The lowest BCUT2D eigenvalue weighted by Crippen LogP contribution is -2.05. The Kier molecular flexibility index (Phi) is 5.17.